The first-order valence-electron chi connectivity index (χ1n) is 7.57. The fourth-order valence-corrected chi connectivity index (χ4v) is 2.53. The normalized spacial score (nSPS) is 18.0. The maximum absolute atomic E-state index is 11.7. The molecule has 0 saturated carbocycles. The van der Waals surface area contributed by atoms with Gasteiger partial charge in [-0.2, -0.15) is 4.98 Å². The Hall–Kier alpha value is -2.48. The molecule has 2 aromatic rings. The molecule has 1 fully saturated rings. The number of hydrogen-bond acceptors (Lipinski definition) is 6. The SMILES string of the molecule is CNC(=O)N1CCCC(OCc2nc(-c3cccnc3)no2)C1. The molecule has 23 heavy (non-hydrogen) atoms. The van der Waals surface area contributed by atoms with E-state index in [2.05, 4.69) is 20.4 Å². The van der Waals surface area contributed by atoms with Crippen molar-refractivity contribution < 1.29 is 14.1 Å². The van der Waals surface area contributed by atoms with Gasteiger partial charge in [0.15, 0.2) is 0 Å². The summed E-state index contributed by atoms with van der Waals surface area (Å²) in [6, 6.07) is 3.61. The van der Waals surface area contributed by atoms with Crippen LogP contribution in [0.1, 0.15) is 18.7 Å². The van der Waals surface area contributed by atoms with Gasteiger partial charge in [0.1, 0.15) is 6.61 Å². The molecule has 8 heteroatoms. The zero-order valence-electron chi connectivity index (χ0n) is 12.9. The van der Waals surface area contributed by atoms with Crippen LogP contribution >= 0.6 is 0 Å². The van der Waals surface area contributed by atoms with E-state index in [0.29, 0.717) is 18.3 Å². The molecular weight excluding hydrogens is 298 g/mol. The molecule has 0 aliphatic carbocycles. The predicted octanol–water partition coefficient (Wildman–Crippen LogP) is 1.45. The van der Waals surface area contributed by atoms with Crippen LogP contribution in [0.25, 0.3) is 11.4 Å². The summed E-state index contributed by atoms with van der Waals surface area (Å²) in [5.41, 5.74) is 0.797. The first kappa shape index (κ1) is 15.4. The third-order valence-corrected chi connectivity index (χ3v) is 3.71. The van der Waals surface area contributed by atoms with Gasteiger partial charge in [-0.05, 0) is 25.0 Å². The maximum Gasteiger partial charge on any atom is 0.317 e. The molecular formula is C15H19N5O3. The third-order valence-electron chi connectivity index (χ3n) is 3.71. The lowest BCUT2D eigenvalue weighted by Crippen LogP contribution is -2.46. The van der Waals surface area contributed by atoms with Gasteiger partial charge in [-0.3, -0.25) is 4.98 Å². The number of piperidine rings is 1. The summed E-state index contributed by atoms with van der Waals surface area (Å²) in [4.78, 5) is 21.7. The Morgan fingerprint density at radius 3 is 3.26 bits per heavy atom. The van der Waals surface area contributed by atoms with Crippen LogP contribution in [0.3, 0.4) is 0 Å². The van der Waals surface area contributed by atoms with Crippen LogP contribution in [-0.2, 0) is 11.3 Å². The Morgan fingerprint density at radius 1 is 1.57 bits per heavy atom. The van der Waals surface area contributed by atoms with Crippen molar-refractivity contribution in [3.05, 3.63) is 30.4 Å². The average molecular weight is 317 g/mol. The molecule has 0 spiro atoms. The van der Waals surface area contributed by atoms with E-state index in [9.17, 15) is 4.79 Å². The fourth-order valence-electron chi connectivity index (χ4n) is 2.53. The van der Waals surface area contributed by atoms with Crippen molar-refractivity contribution in [3.63, 3.8) is 0 Å². The molecule has 2 aromatic heterocycles. The molecule has 3 heterocycles. The van der Waals surface area contributed by atoms with Crippen molar-refractivity contribution in [1.82, 2.24) is 25.3 Å². The van der Waals surface area contributed by atoms with Crippen LogP contribution < -0.4 is 5.32 Å². The lowest BCUT2D eigenvalue weighted by atomic mass is 10.1. The zero-order chi connectivity index (χ0) is 16.1. The zero-order valence-corrected chi connectivity index (χ0v) is 12.9. The van der Waals surface area contributed by atoms with E-state index in [1.807, 2.05) is 12.1 Å². The number of amides is 2. The molecule has 122 valence electrons. The van der Waals surface area contributed by atoms with Crippen molar-refractivity contribution in [2.75, 3.05) is 20.1 Å². The molecule has 8 nitrogen and oxygen atoms in total. The molecule has 1 N–H and O–H groups in total. The summed E-state index contributed by atoms with van der Waals surface area (Å²) in [6.45, 7) is 1.56. The number of urea groups is 1. The van der Waals surface area contributed by atoms with Gasteiger partial charge in [0, 0.05) is 38.1 Å². The molecule has 0 aromatic carbocycles. The number of carbonyl (C=O) groups is 1. The third kappa shape index (κ3) is 3.84. The topological polar surface area (TPSA) is 93.4 Å². The van der Waals surface area contributed by atoms with Crippen LogP contribution in [0.15, 0.2) is 29.0 Å². The van der Waals surface area contributed by atoms with Gasteiger partial charge < -0.3 is 19.5 Å². The first-order valence-corrected chi connectivity index (χ1v) is 7.57. The molecule has 0 bridgehead atoms. The van der Waals surface area contributed by atoms with Crippen LogP contribution in [0, 0.1) is 0 Å². The molecule has 1 aliphatic rings. The van der Waals surface area contributed by atoms with Crippen molar-refractivity contribution >= 4 is 6.03 Å². The number of hydrogen-bond donors (Lipinski definition) is 1. The quantitative estimate of drug-likeness (QED) is 0.917. The number of aromatic nitrogens is 3. The predicted molar refractivity (Wildman–Crippen MR) is 81.4 cm³/mol. The lowest BCUT2D eigenvalue weighted by Gasteiger charge is -2.31. The highest BCUT2D eigenvalue weighted by atomic mass is 16.5. The summed E-state index contributed by atoms with van der Waals surface area (Å²) in [5, 5.41) is 6.56. The Kier molecular flexibility index (Phi) is 4.82. The summed E-state index contributed by atoms with van der Waals surface area (Å²) in [5.74, 6) is 0.910. The fraction of sp³-hybridized carbons (Fsp3) is 0.467. The van der Waals surface area contributed by atoms with Crippen LogP contribution in [-0.4, -0.2) is 52.3 Å². The van der Waals surface area contributed by atoms with Crippen LogP contribution in [0.5, 0.6) is 0 Å². The van der Waals surface area contributed by atoms with Gasteiger partial charge in [0.25, 0.3) is 5.89 Å². The Morgan fingerprint density at radius 2 is 2.48 bits per heavy atom. The second-order valence-corrected chi connectivity index (χ2v) is 5.33. The number of carbonyl (C=O) groups excluding carboxylic acids is 1. The summed E-state index contributed by atoms with van der Waals surface area (Å²) < 4.78 is 11.0. The monoisotopic (exact) mass is 317 g/mol. The van der Waals surface area contributed by atoms with E-state index >= 15 is 0 Å². The number of nitrogens with one attached hydrogen (secondary N) is 1. The minimum absolute atomic E-state index is 0.0187. The van der Waals surface area contributed by atoms with Crippen molar-refractivity contribution in [1.29, 1.82) is 0 Å². The molecule has 1 saturated heterocycles. The van der Waals surface area contributed by atoms with Gasteiger partial charge >= 0.3 is 6.03 Å². The molecule has 1 unspecified atom stereocenters. The molecule has 1 aliphatic heterocycles. The molecule has 2 amide bonds. The van der Waals surface area contributed by atoms with Crippen molar-refractivity contribution in [2.24, 2.45) is 0 Å². The Labute approximate surface area is 133 Å². The maximum atomic E-state index is 11.7. The number of ether oxygens (including phenoxy) is 1. The average Bonchev–Trinajstić information content (AvgIpc) is 3.09. The minimum atomic E-state index is -0.0741. The number of likely N-dealkylation sites (tertiary alicyclic amines) is 1. The van der Waals surface area contributed by atoms with E-state index in [-0.39, 0.29) is 18.7 Å². The highest BCUT2D eigenvalue weighted by Gasteiger charge is 2.24. The standard InChI is InChI=1S/C15H19N5O3/c1-16-15(21)20-7-3-5-12(9-20)22-10-13-18-14(19-23-13)11-4-2-6-17-8-11/h2,4,6,8,12H,3,5,7,9-10H2,1H3,(H,16,21). The first-order chi connectivity index (χ1) is 11.3. The molecule has 0 radical (unpaired) electrons. The number of pyridine rings is 1. The number of rotatable bonds is 4. The largest absolute Gasteiger partial charge is 0.367 e. The van der Waals surface area contributed by atoms with E-state index < -0.39 is 0 Å². The van der Waals surface area contributed by atoms with Gasteiger partial charge in [-0.25, -0.2) is 4.79 Å². The van der Waals surface area contributed by atoms with Crippen LogP contribution in [0.4, 0.5) is 4.79 Å². The van der Waals surface area contributed by atoms with Crippen molar-refractivity contribution in [2.45, 2.75) is 25.6 Å². The smallest absolute Gasteiger partial charge is 0.317 e. The molecule has 3 rings (SSSR count). The van der Waals surface area contributed by atoms with Gasteiger partial charge in [-0.1, -0.05) is 5.16 Å². The lowest BCUT2D eigenvalue weighted by molar-refractivity contribution is -0.0102. The second kappa shape index (κ2) is 7.19. The highest BCUT2D eigenvalue weighted by molar-refractivity contribution is 5.73. The summed E-state index contributed by atoms with van der Waals surface area (Å²) in [6.07, 6.45) is 5.18. The van der Waals surface area contributed by atoms with Gasteiger partial charge in [-0.15, -0.1) is 0 Å². The Balaban J connectivity index is 1.54. The number of nitrogens with zero attached hydrogens (tertiary/aromatic N) is 4. The second-order valence-electron chi connectivity index (χ2n) is 5.33. The van der Waals surface area contributed by atoms with Crippen molar-refractivity contribution in [3.8, 4) is 11.4 Å². The Bertz CT molecular complexity index is 646. The van der Waals surface area contributed by atoms with Crippen LogP contribution in [0.2, 0.25) is 0 Å². The summed E-state index contributed by atoms with van der Waals surface area (Å²) >= 11 is 0. The van der Waals surface area contributed by atoms with E-state index in [0.717, 1.165) is 24.9 Å². The van der Waals surface area contributed by atoms with E-state index in [1.165, 1.54) is 0 Å². The highest BCUT2D eigenvalue weighted by Crippen LogP contribution is 2.17. The molecule has 1 atom stereocenters. The van der Waals surface area contributed by atoms with E-state index in [4.69, 9.17) is 9.26 Å². The van der Waals surface area contributed by atoms with Gasteiger partial charge in [0.05, 0.1) is 6.10 Å². The minimum Gasteiger partial charge on any atom is -0.367 e. The summed E-state index contributed by atoms with van der Waals surface area (Å²) in [7, 11) is 1.63. The van der Waals surface area contributed by atoms with E-state index in [1.54, 1.807) is 24.3 Å². The van der Waals surface area contributed by atoms with Gasteiger partial charge in [0.2, 0.25) is 5.82 Å².